The molecule has 0 aromatic heterocycles. The lowest BCUT2D eigenvalue weighted by atomic mass is 10.1. The van der Waals surface area contributed by atoms with Gasteiger partial charge in [-0.25, -0.2) is 9.80 Å². The van der Waals surface area contributed by atoms with Gasteiger partial charge in [-0.1, -0.05) is 30.3 Å². The molecule has 0 radical (unpaired) electrons. The first-order valence-corrected chi connectivity index (χ1v) is 9.09. The molecule has 0 aliphatic carbocycles. The number of carbonyl (C=O) groups excluding carboxylic acids is 3. The number of nitrogens with zero attached hydrogens (tertiary/aromatic N) is 2. The van der Waals surface area contributed by atoms with Crippen LogP contribution >= 0.6 is 0 Å². The number of carbonyl (C=O) groups is 3. The van der Waals surface area contributed by atoms with Gasteiger partial charge < -0.3 is 14.8 Å². The number of esters is 1. The summed E-state index contributed by atoms with van der Waals surface area (Å²) < 4.78 is 10.2. The number of hydrogen-bond acceptors (Lipinski definition) is 6. The first kappa shape index (κ1) is 20.1. The zero-order valence-corrected chi connectivity index (χ0v) is 16.0. The van der Waals surface area contributed by atoms with E-state index in [0.717, 1.165) is 5.56 Å². The molecule has 0 saturated carbocycles. The van der Waals surface area contributed by atoms with E-state index in [1.54, 1.807) is 37.4 Å². The zero-order valence-electron chi connectivity index (χ0n) is 16.0. The van der Waals surface area contributed by atoms with E-state index >= 15 is 0 Å². The fraction of sp³-hybridized carbons (Fsp3) is 0.238. The Morgan fingerprint density at radius 1 is 1.10 bits per heavy atom. The van der Waals surface area contributed by atoms with Gasteiger partial charge >= 0.3 is 5.97 Å². The second-order valence-corrected chi connectivity index (χ2v) is 6.29. The lowest BCUT2D eigenvalue weighted by molar-refractivity contribution is -0.142. The van der Waals surface area contributed by atoms with E-state index < -0.39 is 18.5 Å². The van der Waals surface area contributed by atoms with E-state index in [1.807, 2.05) is 24.3 Å². The minimum absolute atomic E-state index is 0.106. The van der Waals surface area contributed by atoms with Crippen molar-refractivity contribution < 1.29 is 23.9 Å². The Balaban J connectivity index is 1.53. The van der Waals surface area contributed by atoms with E-state index in [9.17, 15) is 14.4 Å². The molecule has 0 spiro atoms. The SMILES string of the molecule is COc1cccc(CNC(=O)COC(=O)C2=NN(c3ccccc3)C(=O)CC2)c1. The number of nitrogens with one attached hydrogen (secondary N) is 1. The number of para-hydroxylation sites is 1. The van der Waals surface area contributed by atoms with Gasteiger partial charge in [0, 0.05) is 19.4 Å². The molecule has 0 atom stereocenters. The van der Waals surface area contributed by atoms with Crippen LogP contribution in [0.25, 0.3) is 0 Å². The number of rotatable bonds is 7. The maximum atomic E-state index is 12.3. The molecular weight excluding hydrogens is 374 g/mol. The van der Waals surface area contributed by atoms with Gasteiger partial charge in [0.1, 0.15) is 11.5 Å². The van der Waals surface area contributed by atoms with Gasteiger partial charge in [0.15, 0.2) is 6.61 Å². The average molecular weight is 395 g/mol. The van der Waals surface area contributed by atoms with Gasteiger partial charge in [-0.2, -0.15) is 5.10 Å². The molecule has 8 heteroatoms. The van der Waals surface area contributed by atoms with Crippen molar-refractivity contribution in [3.05, 3.63) is 60.2 Å². The summed E-state index contributed by atoms with van der Waals surface area (Å²) in [4.78, 5) is 36.3. The molecule has 3 rings (SSSR count). The standard InChI is InChI=1S/C21H21N3O5/c1-28-17-9-5-6-15(12-17)13-22-19(25)14-29-21(27)18-10-11-20(26)24(23-18)16-7-3-2-4-8-16/h2-9,12H,10-11,13-14H2,1H3,(H,22,25). The van der Waals surface area contributed by atoms with Crippen molar-refractivity contribution in [2.75, 3.05) is 18.7 Å². The first-order chi connectivity index (χ1) is 14.1. The molecule has 8 nitrogen and oxygen atoms in total. The van der Waals surface area contributed by atoms with Crippen LogP contribution in [0.3, 0.4) is 0 Å². The molecule has 1 N–H and O–H groups in total. The van der Waals surface area contributed by atoms with Crippen molar-refractivity contribution in [2.24, 2.45) is 5.10 Å². The Morgan fingerprint density at radius 3 is 2.66 bits per heavy atom. The van der Waals surface area contributed by atoms with Crippen molar-refractivity contribution in [1.82, 2.24) is 5.32 Å². The average Bonchev–Trinajstić information content (AvgIpc) is 2.77. The second kappa shape index (κ2) is 9.50. The highest BCUT2D eigenvalue weighted by molar-refractivity contribution is 6.38. The highest BCUT2D eigenvalue weighted by atomic mass is 16.5. The highest BCUT2D eigenvalue weighted by Crippen LogP contribution is 2.20. The Labute approximate surface area is 168 Å². The second-order valence-electron chi connectivity index (χ2n) is 6.29. The lowest BCUT2D eigenvalue weighted by Crippen LogP contribution is -2.36. The van der Waals surface area contributed by atoms with Gasteiger partial charge in [-0.15, -0.1) is 0 Å². The molecule has 0 bridgehead atoms. The fourth-order valence-corrected chi connectivity index (χ4v) is 2.72. The van der Waals surface area contributed by atoms with Gasteiger partial charge in [-0.05, 0) is 29.8 Å². The third-order valence-corrected chi connectivity index (χ3v) is 4.23. The third-order valence-electron chi connectivity index (χ3n) is 4.23. The summed E-state index contributed by atoms with van der Waals surface area (Å²) in [5.41, 5.74) is 1.53. The maximum Gasteiger partial charge on any atom is 0.355 e. The number of hydrazone groups is 1. The van der Waals surface area contributed by atoms with Gasteiger partial charge in [0.05, 0.1) is 12.8 Å². The van der Waals surface area contributed by atoms with Crippen molar-refractivity contribution in [3.63, 3.8) is 0 Å². The van der Waals surface area contributed by atoms with Crippen LogP contribution in [-0.4, -0.2) is 37.2 Å². The smallest absolute Gasteiger partial charge is 0.355 e. The summed E-state index contributed by atoms with van der Waals surface area (Å²) >= 11 is 0. The summed E-state index contributed by atoms with van der Waals surface area (Å²) in [6.07, 6.45) is 0.317. The van der Waals surface area contributed by atoms with Crippen LogP contribution in [0.15, 0.2) is 59.7 Å². The fourth-order valence-electron chi connectivity index (χ4n) is 2.72. The number of hydrogen-bond donors (Lipinski definition) is 1. The molecule has 29 heavy (non-hydrogen) atoms. The molecule has 1 aliphatic rings. The van der Waals surface area contributed by atoms with Crippen molar-refractivity contribution in [3.8, 4) is 5.75 Å². The van der Waals surface area contributed by atoms with E-state index in [1.165, 1.54) is 5.01 Å². The first-order valence-electron chi connectivity index (χ1n) is 9.09. The van der Waals surface area contributed by atoms with Crippen molar-refractivity contribution >= 4 is 29.2 Å². The Bertz CT molecular complexity index is 927. The summed E-state index contributed by atoms with van der Waals surface area (Å²) in [5.74, 6) is -0.664. The Kier molecular flexibility index (Phi) is 6.57. The maximum absolute atomic E-state index is 12.3. The third kappa shape index (κ3) is 5.41. The molecule has 150 valence electrons. The normalized spacial score (nSPS) is 13.5. The predicted molar refractivity (Wildman–Crippen MR) is 106 cm³/mol. The molecule has 0 unspecified atom stereocenters. The molecular formula is C21H21N3O5. The summed E-state index contributed by atoms with van der Waals surface area (Å²) in [6.45, 7) is -0.147. The molecule has 0 fully saturated rings. The van der Waals surface area contributed by atoms with Crippen LogP contribution in [0.5, 0.6) is 5.75 Å². The largest absolute Gasteiger partial charge is 0.497 e. The van der Waals surface area contributed by atoms with Gasteiger partial charge in [0.2, 0.25) is 5.91 Å². The Morgan fingerprint density at radius 2 is 1.90 bits per heavy atom. The van der Waals surface area contributed by atoms with Crippen LogP contribution in [0.2, 0.25) is 0 Å². The van der Waals surface area contributed by atoms with Gasteiger partial charge in [0.25, 0.3) is 5.91 Å². The predicted octanol–water partition coefficient (Wildman–Crippen LogP) is 2.04. The minimum atomic E-state index is -0.713. The van der Waals surface area contributed by atoms with Crippen LogP contribution in [0.4, 0.5) is 5.69 Å². The Hall–Kier alpha value is -3.68. The van der Waals surface area contributed by atoms with E-state index in [2.05, 4.69) is 10.4 Å². The van der Waals surface area contributed by atoms with Crippen LogP contribution in [0, 0.1) is 0 Å². The quantitative estimate of drug-likeness (QED) is 0.724. The molecule has 1 aliphatic heterocycles. The molecule has 2 aromatic carbocycles. The number of amides is 2. The highest BCUT2D eigenvalue weighted by Gasteiger charge is 2.26. The number of methoxy groups -OCH3 is 1. The van der Waals surface area contributed by atoms with Crippen LogP contribution in [-0.2, 0) is 25.7 Å². The van der Waals surface area contributed by atoms with Crippen LogP contribution in [0.1, 0.15) is 18.4 Å². The summed E-state index contributed by atoms with van der Waals surface area (Å²) in [5, 5.41) is 7.96. The molecule has 1 heterocycles. The topological polar surface area (TPSA) is 97.3 Å². The van der Waals surface area contributed by atoms with Crippen molar-refractivity contribution in [1.29, 1.82) is 0 Å². The van der Waals surface area contributed by atoms with Gasteiger partial charge in [-0.3, -0.25) is 9.59 Å². The minimum Gasteiger partial charge on any atom is -0.497 e. The monoisotopic (exact) mass is 395 g/mol. The molecule has 0 saturated heterocycles. The number of ether oxygens (including phenoxy) is 2. The van der Waals surface area contributed by atoms with E-state index in [-0.39, 0.29) is 31.0 Å². The molecule has 2 aromatic rings. The van der Waals surface area contributed by atoms with E-state index in [0.29, 0.717) is 11.4 Å². The number of benzene rings is 2. The van der Waals surface area contributed by atoms with Crippen LogP contribution < -0.4 is 15.1 Å². The lowest BCUT2D eigenvalue weighted by Gasteiger charge is -2.22. The number of anilines is 1. The van der Waals surface area contributed by atoms with E-state index in [4.69, 9.17) is 9.47 Å². The summed E-state index contributed by atoms with van der Waals surface area (Å²) in [7, 11) is 1.57. The zero-order chi connectivity index (χ0) is 20.6. The summed E-state index contributed by atoms with van der Waals surface area (Å²) in [6, 6.07) is 16.1. The van der Waals surface area contributed by atoms with Crippen molar-refractivity contribution in [2.45, 2.75) is 19.4 Å². The molecule has 2 amide bonds.